The minimum Gasteiger partial charge on any atom is -0.367 e. The van der Waals surface area contributed by atoms with E-state index in [2.05, 4.69) is 24.8 Å². The Morgan fingerprint density at radius 2 is 2.25 bits per heavy atom. The molecule has 1 aliphatic heterocycles. The lowest BCUT2D eigenvalue weighted by molar-refractivity contribution is 0.615. The normalized spacial score (nSPS) is 24.5. The van der Waals surface area contributed by atoms with E-state index in [0.29, 0.717) is 6.04 Å². The Morgan fingerprint density at radius 3 is 2.81 bits per heavy atom. The summed E-state index contributed by atoms with van der Waals surface area (Å²) in [7, 11) is 0. The van der Waals surface area contributed by atoms with Crippen LogP contribution >= 0.6 is 11.6 Å². The summed E-state index contributed by atoms with van der Waals surface area (Å²) < 4.78 is 0. The largest absolute Gasteiger partial charge is 0.367 e. The summed E-state index contributed by atoms with van der Waals surface area (Å²) in [4.78, 5) is 2.31. The summed E-state index contributed by atoms with van der Waals surface area (Å²) in [5.74, 6) is 0.148. The van der Waals surface area contributed by atoms with Crippen LogP contribution in [0, 0.1) is 24.2 Å². The second-order valence-electron chi connectivity index (χ2n) is 4.39. The maximum Gasteiger partial charge on any atom is 0.0681 e. The first-order valence-corrected chi connectivity index (χ1v) is 5.93. The maximum absolute atomic E-state index is 9.02. The Bertz CT molecular complexity index is 436. The van der Waals surface area contributed by atoms with Crippen LogP contribution < -0.4 is 4.90 Å². The maximum atomic E-state index is 9.02. The molecule has 84 valence electrons. The second kappa shape index (κ2) is 4.35. The Balaban J connectivity index is 2.29. The van der Waals surface area contributed by atoms with E-state index in [1.807, 2.05) is 18.2 Å². The molecule has 2 nitrogen and oxygen atoms in total. The van der Waals surface area contributed by atoms with Crippen molar-refractivity contribution in [1.29, 1.82) is 5.26 Å². The fourth-order valence-electron chi connectivity index (χ4n) is 2.39. The first kappa shape index (κ1) is 11.3. The monoisotopic (exact) mass is 234 g/mol. The highest BCUT2D eigenvalue weighted by Gasteiger charge is 2.31. The molecule has 16 heavy (non-hydrogen) atoms. The topological polar surface area (TPSA) is 27.0 Å². The lowest BCUT2D eigenvalue weighted by Crippen LogP contribution is -2.29. The van der Waals surface area contributed by atoms with Crippen molar-refractivity contribution in [1.82, 2.24) is 0 Å². The van der Waals surface area contributed by atoms with E-state index >= 15 is 0 Å². The number of halogens is 1. The van der Waals surface area contributed by atoms with Gasteiger partial charge in [-0.3, -0.25) is 0 Å². The Hall–Kier alpha value is -1.20. The average molecular weight is 235 g/mol. The zero-order valence-electron chi connectivity index (χ0n) is 9.57. The summed E-state index contributed by atoms with van der Waals surface area (Å²) in [5, 5.41) is 9.79. The predicted molar refractivity (Wildman–Crippen MR) is 66.7 cm³/mol. The molecule has 0 amide bonds. The SMILES string of the molecule is Cc1cc(Cl)ccc1N1CCC(C#N)C1C. The molecule has 0 N–H and O–H groups in total. The lowest BCUT2D eigenvalue weighted by atomic mass is 10.0. The number of aryl methyl sites for hydroxylation is 1. The van der Waals surface area contributed by atoms with Gasteiger partial charge in [-0.1, -0.05) is 11.6 Å². The molecule has 0 aliphatic carbocycles. The molecule has 2 unspecified atom stereocenters. The molecule has 0 radical (unpaired) electrons. The van der Waals surface area contributed by atoms with E-state index in [1.165, 1.54) is 11.3 Å². The standard InChI is InChI=1S/C13H15ClN2/c1-9-7-12(14)3-4-13(9)16-6-5-11(8-15)10(16)2/h3-4,7,10-11H,5-6H2,1-2H3. The van der Waals surface area contributed by atoms with Crippen LogP contribution in [-0.4, -0.2) is 12.6 Å². The highest BCUT2D eigenvalue weighted by atomic mass is 35.5. The summed E-state index contributed by atoms with van der Waals surface area (Å²) >= 11 is 5.95. The van der Waals surface area contributed by atoms with Gasteiger partial charge in [0.15, 0.2) is 0 Å². The fourth-order valence-corrected chi connectivity index (χ4v) is 2.62. The first-order valence-electron chi connectivity index (χ1n) is 5.56. The number of hydrogen-bond donors (Lipinski definition) is 0. The predicted octanol–water partition coefficient (Wildman–Crippen LogP) is 3.39. The summed E-state index contributed by atoms with van der Waals surface area (Å²) in [6, 6.07) is 8.61. The van der Waals surface area contributed by atoms with Crippen molar-refractivity contribution in [2.24, 2.45) is 5.92 Å². The van der Waals surface area contributed by atoms with Crippen LogP contribution in [0.4, 0.5) is 5.69 Å². The van der Waals surface area contributed by atoms with Gasteiger partial charge in [-0.05, 0) is 44.0 Å². The van der Waals surface area contributed by atoms with E-state index in [1.54, 1.807) is 0 Å². The van der Waals surface area contributed by atoms with Crippen LogP contribution in [0.1, 0.15) is 18.9 Å². The van der Waals surface area contributed by atoms with Gasteiger partial charge in [0.05, 0.1) is 12.0 Å². The van der Waals surface area contributed by atoms with Gasteiger partial charge in [-0.2, -0.15) is 5.26 Å². The van der Waals surface area contributed by atoms with Crippen LogP contribution in [-0.2, 0) is 0 Å². The van der Waals surface area contributed by atoms with Crippen molar-refractivity contribution < 1.29 is 0 Å². The average Bonchev–Trinajstić information content (AvgIpc) is 2.60. The zero-order valence-corrected chi connectivity index (χ0v) is 10.3. The van der Waals surface area contributed by atoms with Crippen molar-refractivity contribution in [3.05, 3.63) is 28.8 Å². The van der Waals surface area contributed by atoms with E-state index in [-0.39, 0.29) is 5.92 Å². The number of nitrogens with zero attached hydrogens (tertiary/aromatic N) is 2. The Labute approximate surface area is 101 Å². The van der Waals surface area contributed by atoms with Gasteiger partial charge in [-0.25, -0.2) is 0 Å². The van der Waals surface area contributed by atoms with Crippen LogP contribution in [0.3, 0.4) is 0 Å². The van der Waals surface area contributed by atoms with Gasteiger partial charge in [-0.15, -0.1) is 0 Å². The first-order chi connectivity index (χ1) is 7.63. The van der Waals surface area contributed by atoms with Gasteiger partial charge in [0.25, 0.3) is 0 Å². The smallest absolute Gasteiger partial charge is 0.0681 e. The van der Waals surface area contributed by atoms with Crippen molar-refractivity contribution >= 4 is 17.3 Å². The molecule has 1 fully saturated rings. The van der Waals surface area contributed by atoms with Gasteiger partial charge in [0.1, 0.15) is 0 Å². The van der Waals surface area contributed by atoms with Crippen LogP contribution in [0.15, 0.2) is 18.2 Å². The molecule has 2 atom stereocenters. The molecule has 3 heteroatoms. The molecule has 1 heterocycles. The minimum atomic E-state index is 0.148. The molecular formula is C13H15ClN2. The van der Waals surface area contributed by atoms with E-state index in [4.69, 9.17) is 16.9 Å². The molecule has 1 saturated heterocycles. The van der Waals surface area contributed by atoms with Crippen LogP contribution in [0.2, 0.25) is 5.02 Å². The molecule has 1 aromatic carbocycles. The zero-order chi connectivity index (χ0) is 11.7. The van der Waals surface area contributed by atoms with Gasteiger partial charge >= 0.3 is 0 Å². The summed E-state index contributed by atoms with van der Waals surface area (Å²) in [6.45, 7) is 5.14. The molecule has 0 saturated carbocycles. The van der Waals surface area contributed by atoms with Crippen molar-refractivity contribution in [2.75, 3.05) is 11.4 Å². The van der Waals surface area contributed by atoms with Crippen molar-refractivity contribution in [3.8, 4) is 6.07 Å². The quantitative estimate of drug-likeness (QED) is 0.745. The number of nitriles is 1. The lowest BCUT2D eigenvalue weighted by Gasteiger charge is -2.26. The molecule has 2 rings (SSSR count). The Morgan fingerprint density at radius 1 is 1.50 bits per heavy atom. The highest BCUT2D eigenvalue weighted by molar-refractivity contribution is 6.30. The molecular weight excluding hydrogens is 220 g/mol. The van der Waals surface area contributed by atoms with E-state index < -0.39 is 0 Å². The number of rotatable bonds is 1. The third kappa shape index (κ3) is 1.88. The fraction of sp³-hybridized carbons (Fsp3) is 0.462. The van der Waals surface area contributed by atoms with Gasteiger partial charge in [0.2, 0.25) is 0 Å². The number of anilines is 1. The van der Waals surface area contributed by atoms with Gasteiger partial charge in [0, 0.05) is 23.3 Å². The summed E-state index contributed by atoms with van der Waals surface area (Å²) in [6.07, 6.45) is 0.958. The van der Waals surface area contributed by atoms with Gasteiger partial charge < -0.3 is 4.90 Å². The molecule has 0 spiro atoms. The van der Waals surface area contributed by atoms with Crippen molar-refractivity contribution in [2.45, 2.75) is 26.3 Å². The number of benzene rings is 1. The molecule has 0 bridgehead atoms. The third-order valence-electron chi connectivity index (χ3n) is 3.39. The van der Waals surface area contributed by atoms with Crippen LogP contribution in [0.25, 0.3) is 0 Å². The van der Waals surface area contributed by atoms with E-state index in [9.17, 15) is 0 Å². The minimum absolute atomic E-state index is 0.148. The van der Waals surface area contributed by atoms with E-state index in [0.717, 1.165) is 18.0 Å². The summed E-state index contributed by atoms with van der Waals surface area (Å²) in [5.41, 5.74) is 2.38. The number of hydrogen-bond acceptors (Lipinski definition) is 2. The van der Waals surface area contributed by atoms with Crippen molar-refractivity contribution in [3.63, 3.8) is 0 Å². The highest BCUT2D eigenvalue weighted by Crippen LogP contribution is 2.32. The Kier molecular flexibility index (Phi) is 3.07. The molecule has 1 aromatic rings. The third-order valence-corrected chi connectivity index (χ3v) is 3.62. The van der Waals surface area contributed by atoms with Crippen LogP contribution in [0.5, 0.6) is 0 Å². The molecule has 1 aliphatic rings. The molecule has 0 aromatic heterocycles. The second-order valence-corrected chi connectivity index (χ2v) is 4.83.